The molecule has 0 aliphatic heterocycles. The molecule has 156 valence electrons. The van der Waals surface area contributed by atoms with Gasteiger partial charge >= 0.3 is 12.5 Å². The molecule has 0 aliphatic rings. The topological polar surface area (TPSA) is 58.2 Å². The number of ether oxygens (including phenoxy) is 1. The maximum absolute atomic E-state index is 14.2. The molecule has 29 heavy (non-hydrogen) atoms. The average Bonchev–Trinajstić information content (AvgIpc) is 3.06. The van der Waals surface area contributed by atoms with E-state index in [9.17, 15) is 26.2 Å². The van der Waals surface area contributed by atoms with E-state index in [-0.39, 0.29) is 27.5 Å². The third-order valence-corrected chi connectivity index (χ3v) is 5.18. The van der Waals surface area contributed by atoms with Crippen LogP contribution in [0.3, 0.4) is 0 Å². The fourth-order valence-corrected chi connectivity index (χ4v) is 3.76. The maximum Gasteiger partial charge on any atom is 0.461 e. The largest absolute Gasteiger partial charge is 0.461 e. The fraction of sp³-hybridized carbons (Fsp3) is 0.278. The van der Waals surface area contributed by atoms with Gasteiger partial charge in [-0.15, -0.1) is 0 Å². The lowest BCUT2D eigenvalue weighted by Gasteiger charge is -2.17. The minimum atomic E-state index is -4.65. The van der Waals surface area contributed by atoms with Crippen LogP contribution >= 0.6 is 0 Å². The van der Waals surface area contributed by atoms with E-state index in [0.29, 0.717) is 5.69 Å². The van der Waals surface area contributed by atoms with Crippen molar-refractivity contribution in [1.82, 2.24) is 9.97 Å². The molecule has 1 atom stereocenters. The fourth-order valence-electron chi connectivity index (χ4n) is 2.65. The van der Waals surface area contributed by atoms with Crippen molar-refractivity contribution >= 4 is 27.5 Å². The van der Waals surface area contributed by atoms with Gasteiger partial charge in [0, 0.05) is 31.4 Å². The van der Waals surface area contributed by atoms with Gasteiger partial charge in [0.2, 0.25) is 0 Å². The summed E-state index contributed by atoms with van der Waals surface area (Å²) in [4.78, 5) is 8.46. The zero-order valence-electron chi connectivity index (χ0n) is 15.3. The Labute approximate surface area is 164 Å². The number of H-pyrrole nitrogens is 1. The highest BCUT2D eigenvalue weighted by molar-refractivity contribution is 7.84. The molecule has 3 rings (SSSR count). The van der Waals surface area contributed by atoms with Gasteiger partial charge in [-0.05, 0) is 24.3 Å². The lowest BCUT2D eigenvalue weighted by molar-refractivity contribution is -0.253. The number of nitrogens with one attached hydrogen (secondary N) is 1. The summed E-state index contributed by atoms with van der Waals surface area (Å²) in [6, 6.07) is 7.83. The number of benzene rings is 2. The Morgan fingerprint density at radius 2 is 1.97 bits per heavy atom. The van der Waals surface area contributed by atoms with Crippen LogP contribution in [0.1, 0.15) is 5.56 Å². The van der Waals surface area contributed by atoms with E-state index in [4.69, 9.17) is 0 Å². The van der Waals surface area contributed by atoms with Crippen LogP contribution in [0, 0.1) is 5.82 Å². The van der Waals surface area contributed by atoms with Gasteiger partial charge in [-0.3, -0.25) is 4.21 Å². The molecule has 1 unspecified atom stereocenters. The Kier molecular flexibility index (Phi) is 5.78. The minimum Gasteiger partial charge on any atom is -0.428 e. The zero-order chi connectivity index (χ0) is 21.3. The summed E-state index contributed by atoms with van der Waals surface area (Å²) in [5.41, 5.74) is 1.22. The molecule has 0 fully saturated rings. The number of hydrogen-bond donors (Lipinski definition) is 1. The molecule has 0 saturated carbocycles. The molecule has 0 spiro atoms. The van der Waals surface area contributed by atoms with Crippen LogP contribution < -0.4 is 9.64 Å². The van der Waals surface area contributed by atoms with Gasteiger partial charge in [0.25, 0.3) is 0 Å². The van der Waals surface area contributed by atoms with Crippen LogP contribution in [-0.4, -0.2) is 40.8 Å². The summed E-state index contributed by atoms with van der Waals surface area (Å²) in [6.07, 6.45) is -8.64. The second kappa shape index (κ2) is 7.97. The van der Waals surface area contributed by atoms with Crippen molar-refractivity contribution in [2.45, 2.75) is 23.4 Å². The van der Waals surface area contributed by atoms with Crippen LogP contribution in [0.25, 0.3) is 11.0 Å². The third kappa shape index (κ3) is 4.50. The number of nitrogens with zero attached hydrogens (tertiary/aromatic N) is 2. The van der Waals surface area contributed by atoms with E-state index in [1.807, 2.05) is 0 Å². The highest BCUT2D eigenvalue weighted by Gasteiger charge is 2.44. The van der Waals surface area contributed by atoms with Gasteiger partial charge < -0.3 is 14.6 Å². The second-order valence-corrected chi connectivity index (χ2v) is 7.67. The predicted molar refractivity (Wildman–Crippen MR) is 98.5 cm³/mol. The Morgan fingerprint density at radius 3 is 2.62 bits per heavy atom. The average molecular weight is 433 g/mol. The smallest absolute Gasteiger partial charge is 0.428 e. The summed E-state index contributed by atoms with van der Waals surface area (Å²) in [6.45, 7) is 0. The summed E-state index contributed by atoms with van der Waals surface area (Å²) < 4.78 is 81.6. The number of hydrogen-bond acceptors (Lipinski definition) is 4. The highest BCUT2D eigenvalue weighted by atomic mass is 32.2. The summed E-state index contributed by atoms with van der Waals surface area (Å²) >= 11 is 0. The maximum atomic E-state index is 14.2. The molecule has 0 saturated heterocycles. The highest BCUT2D eigenvalue weighted by Crippen LogP contribution is 2.30. The van der Waals surface area contributed by atoms with Crippen molar-refractivity contribution in [3.63, 3.8) is 0 Å². The number of aromatic amines is 1. The van der Waals surface area contributed by atoms with Gasteiger partial charge in [0.05, 0.1) is 27.6 Å². The molecule has 11 heteroatoms. The monoisotopic (exact) mass is 433 g/mol. The molecule has 0 aliphatic carbocycles. The van der Waals surface area contributed by atoms with E-state index >= 15 is 0 Å². The van der Waals surface area contributed by atoms with E-state index in [1.165, 1.54) is 18.2 Å². The van der Waals surface area contributed by atoms with Crippen LogP contribution in [0.4, 0.5) is 27.6 Å². The number of rotatable bonds is 7. The number of imidazole rings is 1. The summed E-state index contributed by atoms with van der Waals surface area (Å²) in [7, 11) is 1.66. The molecular weight excluding hydrogens is 417 g/mol. The van der Waals surface area contributed by atoms with Crippen molar-refractivity contribution in [1.29, 1.82) is 0 Å². The molecule has 0 radical (unpaired) electrons. The van der Waals surface area contributed by atoms with Crippen LogP contribution in [0.5, 0.6) is 5.75 Å². The Morgan fingerprint density at radius 1 is 1.24 bits per heavy atom. The van der Waals surface area contributed by atoms with E-state index in [2.05, 4.69) is 14.7 Å². The zero-order valence-corrected chi connectivity index (χ0v) is 16.1. The van der Waals surface area contributed by atoms with Crippen molar-refractivity contribution in [3.8, 4) is 5.75 Å². The first-order chi connectivity index (χ1) is 13.6. The first-order valence-electron chi connectivity index (χ1n) is 8.26. The lowest BCUT2D eigenvalue weighted by atomic mass is 10.2. The standard InChI is InChI=1S/C18H16F5N3O2S/c1-26(2)15-5-3-4-12(19)11(15)9-29(27)17-24-13-7-6-10(8-14(13)25-17)28-18(22,23)16(20)21/h3-8,16H,9H2,1-2H3,(H,24,25). The Bertz CT molecular complexity index is 1060. The molecule has 1 N–H and O–H groups in total. The molecule has 1 aromatic heterocycles. The first kappa shape index (κ1) is 21.0. The van der Waals surface area contributed by atoms with Crippen LogP contribution in [-0.2, 0) is 16.6 Å². The number of anilines is 1. The molecular formula is C18H16F5N3O2S. The quantitative estimate of drug-likeness (QED) is 0.564. The summed E-state index contributed by atoms with van der Waals surface area (Å²) in [5, 5.41) is -0.00858. The van der Waals surface area contributed by atoms with Gasteiger partial charge in [-0.2, -0.15) is 17.6 Å². The first-order valence-corrected chi connectivity index (χ1v) is 9.58. The van der Waals surface area contributed by atoms with Crippen molar-refractivity contribution in [3.05, 3.63) is 47.8 Å². The van der Waals surface area contributed by atoms with Gasteiger partial charge in [-0.25, -0.2) is 9.37 Å². The molecule has 1 heterocycles. The Balaban J connectivity index is 1.87. The Hall–Kier alpha value is -2.69. The van der Waals surface area contributed by atoms with Crippen molar-refractivity contribution in [2.24, 2.45) is 0 Å². The molecule has 3 aromatic rings. The minimum absolute atomic E-state index is 0.00858. The van der Waals surface area contributed by atoms with Gasteiger partial charge in [0.1, 0.15) is 11.6 Å². The van der Waals surface area contributed by atoms with E-state index in [0.717, 1.165) is 12.1 Å². The van der Waals surface area contributed by atoms with Gasteiger partial charge in [0.15, 0.2) is 5.16 Å². The van der Waals surface area contributed by atoms with Crippen molar-refractivity contribution in [2.75, 3.05) is 19.0 Å². The molecule has 2 aromatic carbocycles. The lowest BCUT2D eigenvalue weighted by Crippen LogP contribution is -2.33. The number of aromatic nitrogens is 2. The summed E-state index contributed by atoms with van der Waals surface area (Å²) in [5.74, 6) is -1.20. The number of fused-ring (bicyclic) bond motifs is 1. The number of alkyl halides is 4. The molecule has 0 amide bonds. The normalized spacial score (nSPS) is 13.1. The van der Waals surface area contributed by atoms with Crippen LogP contribution in [0.15, 0.2) is 41.6 Å². The van der Waals surface area contributed by atoms with Crippen molar-refractivity contribution < 1.29 is 30.9 Å². The SMILES string of the molecule is CN(C)c1cccc(F)c1CS(=O)c1nc2ccc(OC(F)(F)C(F)F)cc2[nH]1. The second-order valence-electron chi connectivity index (χ2n) is 6.31. The van der Waals surface area contributed by atoms with E-state index in [1.54, 1.807) is 25.1 Å². The van der Waals surface area contributed by atoms with E-state index < -0.39 is 34.9 Å². The number of halogens is 5. The van der Waals surface area contributed by atoms with Gasteiger partial charge in [-0.1, -0.05) is 6.07 Å². The van der Waals surface area contributed by atoms with Crippen LogP contribution in [0.2, 0.25) is 0 Å². The predicted octanol–water partition coefficient (Wildman–Crippen LogP) is 4.31. The molecule has 0 bridgehead atoms. The third-order valence-electron chi connectivity index (χ3n) is 4.01. The molecule has 5 nitrogen and oxygen atoms in total.